The van der Waals surface area contributed by atoms with Crippen molar-refractivity contribution in [2.24, 2.45) is 5.10 Å². The molecule has 2 aromatic rings. The summed E-state index contributed by atoms with van der Waals surface area (Å²) in [5.41, 5.74) is 5.14. The maximum Gasteiger partial charge on any atom is 0.294 e. The number of nitro benzene ring substituents is 1. The highest BCUT2D eigenvalue weighted by Crippen LogP contribution is 2.23. The largest absolute Gasteiger partial charge is 0.294 e. The molecule has 0 aliphatic heterocycles. The van der Waals surface area contributed by atoms with Gasteiger partial charge in [-0.2, -0.15) is 5.10 Å². The number of anilines is 1. The Morgan fingerprint density at radius 2 is 1.81 bits per heavy atom. The van der Waals surface area contributed by atoms with Gasteiger partial charge in [0.15, 0.2) is 0 Å². The van der Waals surface area contributed by atoms with Crippen molar-refractivity contribution in [2.75, 3.05) is 5.43 Å². The molecule has 0 amide bonds. The van der Waals surface area contributed by atoms with E-state index in [1.165, 1.54) is 6.07 Å². The molecule has 0 aliphatic rings. The summed E-state index contributed by atoms with van der Waals surface area (Å²) in [5.74, 6) is 0. The molecule has 0 radical (unpaired) electrons. The van der Waals surface area contributed by atoms with E-state index >= 15 is 0 Å². The van der Waals surface area contributed by atoms with Crippen molar-refractivity contribution < 1.29 is 4.92 Å². The Kier molecular flexibility index (Phi) is 5.04. The van der Waals surface area contributed by atoms with Crippen LogP contribution in [0.4, 0.5) is 11.4 Å². The number of benzene rings is 2. The first-order valence-electron chi connectivity index (χ1n) is 6.83. The average Bonchev–Trinajstić information content (AvgIpc) is 2.52. The van der Waals surface area contributed by atoms with Crippen molar-refractivity contribution >= 4 is 17.1 Å². The lowest BCUT2D eigenvalue weighted by Crippen LogP contribution is -2.05. The Hall–Kier alpha value is -2.69. The molecular weight excluding hydrogens is 266 g/mol. The summed E-state index contributed by atoms with van der Waals surface area (Å²) in [5, 5.41) is 15.3. The lowest BCUT2D eigenvalue weighted by molar-refractivity contribution is -0.384. The van der Waals surface area contributed by atoms with Crippen LogP contribution in [0.3, 0.4) is 0 Å². The van der Waals surface area contributed by atoms with Crippen molar-refractivity contribution in [3.05, 3.63) is 70.3 Å². The molecule has 5 nitrogen and oxygen atoms in total. The van der Waals surface area contributed by atoms with Gasteiger partial charge >= 0.3 is 0 Å². The van der Waals surface area contributed by atoms with Crippen LogP contribution in [0, 0.1) is 10.1 Å². The van der Waals surface area contributed by atoms with E-state index in [4.69, 9.17) is 0 Å². The quantitative estimate of drug-likeness (QED) is 0.490. The summed E-state index contributed by atoms with van der Waals surface area (Å²) in [6.07, 6.45) is 1.75. The molecule has 0 bridgehead atoms. The van der Waals surface area contributed by atoms with Gasteiger partial charge in [0, 0.05) is 6.07 Å². The highest BCUT2D eigenvalue weighted by molar-refractivity contribution is 6.00. The molecule has 0 aliphatic carbocycles. The Balaban J connectivity index is 2.27. The Labute approximate surface area is 123 Å². The molecule has 0 unspecified atom stereocenters. The van der Waals surface area contributed by atoms with Gasteiger partial charge in [-0.05, 0) is 18.1 Å². The normalized spacial score (nSPS) is 11.2. The van der Waals surface area contributed by atoms with Crippen molar-refractivity contribution in [2.45, 2.75) is 19.8 Å². The van der Waals surface area contributed by atoms with Crippen LogP contribution in [0.25, 0.3) is 0 Å². The maximum absolute atomic E-state index is 11.0. The van der Waals surface area contributed by atoms with Gasteiger partial charge in [-0.1, -0.05) is 55.8 Å². The number of hydrogen-bond acceptors (Lipinski definition) is 4. The Morgan fingerprint density at radius 1 is 1.14 bits per heavy atom. The summed E-state index contributed by atoms with van der Waals surface area (Å²) in [4.78, 5) is 10.6. The first-order chi connectivity index (χ1) is 10.2. The summed E-state index contributed by atoms with van der Waals surface area (Å²) in [7, 11) is 0. The second kappa shape index (κ2) is 7.19. The zero-order chi connectivity index (χ0) is 15.1. The fraction of sp³-hybridized carbons (Fsp3) is 0.188. The van der Waals surface area contributed by atoms with Crippen molar-refractivity contribution in [1.82, 2.24) is 0 Å². The predicted octanol–water partition coefficient (Wildman–Crippen LogP) is 4.21. The first-order valence-corrected chi connectivity index (χ1v) is 6.83. The van der Waals surface area contributed by atoms with E-state index in [-0.39, 0.29) is 5.69 Å². The molecule has 2 rings (SSSR count). The fourth-order valence-corrected chi connectivity index (χ4v) is 1.99. The molecule has 108 valence electrons. The second-order valence-corrected chi connectivity index (χ2v) is 4.56. The maximum atomic E-state index is 11.0. The van der Waals surface area contributed by atoms with E-state index in [0.717, 1.165) is 24.1 Å². The third-order valence-corrected chi connectivity index (χ3v) is 3.01. The summed E-state index contributed by atoms with van der Waals surface area (Å²) in [6, 6.07) is 16.3. The van der Waals surface area contributed by atoms with Gasteiger partial charge in [-0.15, -0.1) is 0 Å². The van der Waals surface area contributed by atoms with E-state index < -0.39 is 4.92 Å². The van der Waals surface area contributed by atoms with E-state index in [2.05, 4.69) is 17.5 Å². The van der Waals surface area contributed by atoms with Gasteiger partial charge in [0.05, 0.1) is 10.6 Å². The number of hydrazone groups is 1. The van der Waals surface area contributed by atoms with Crippen LogP contribution >= 0.6 is 0 Å². The number of nitrogens with zero attached hydrogens (tertiary/aromatic N) is 2. The van der Waals surface area contributed by atoms with Gasteiger partial charge in [0.1, 0.15) is 5.69 Å². The van der Waals surface area contributed by atoms with Crippen LogP contribution < -0.4 is 5.43 Å². The monoisotopic (exact) mass is 283 g/mol. The average molecular weight is 283 g/mol. The molecule has 0 atom stereocenters. The van der Waals surface area contributed by atoms with Crippen LogP contribution in [0.15, 0.2) is 59.7 Å². The summed E-state index contributed by atoms with van der Waals surface area (Å²) < 4.78 is 0. The molecule has 0 heterocycles. The van der Waals surface area contributed by atoms with Crippen molar-refractivity contribution in [3.8, 4) is 0 Å². The van der Waals surface area contributed by atoms with Crippen molar-refractivity contribution in [1.29, 1.82) is 0 Å². The van der Waals surface area contributed by atoms with E-state index in [9.17, 15) is 10.1 Å². The summed E-state index contributed by atoms with van der Waals surface area (Å²) in [6.45, 7) is 2.07. The molecule has 0 spiro atoms. The van der Waals surface area contributed by atoms with Crippen LogP contribution in [0.5, 0.6) is 0 Å². The molecule has 0 saturated carbocycles. The third-order valence-electron chi connectivity index (χ3n) is 3.01. The minimum atomic E-state index is -0.417. The van der Waals surface area contributed by atoms with Crippen LogP contribution in [0.1, 0.15) is 25.3 Å². The highest BCUT2D eigenvalue weighted by Gasteiger charge is 2.12. The van der Waals surface area contributed by atoms with Gasteiger partial charge < -0.3 is 0 Å². The Morgan fingerprint density at radius 3 is 2.48 bits per heavy atom. The molecule has 2 aromatic carbocycles. The number of para-hydroxylation sites is 2. The van der Waals surface area contributed by atoms with E-state index in [0.29, 0.717) is 5.69 Å². The zero-order valence-corrected chi connectivity index (χ0v) is 11.8. The number of nitrogens with one attached hydrogen (secondary N) is 1. The molecule has 1 N–H and O–H groups in total. The highest BCUT2D eigenvalue weighted by atomic mass is 16.6. The summed E-state index contributed by atoms with van der Waals surface area (Å²) >= 11 is 0. The van der Waals surface area contributed by atoms with Gasteiger partial charge in [0.2, 0.25) is 0 Å². The number of rotatable bonds is 6. The lowest BCUT2D eigenvalue weighted by atomic mass is 10.1. The zero-order valence-electron chi connectivity index (χ0n) is 11.8. The van der Waals surface area contributed by atoms with Crippen molar-refractivity contribution in [3.63, 3.8) is 0 Å². The molecular formula is C16H17N3O2. The number of nitro groups is 1. The van der Waals surface area contributed by atoms with E-state index in [1.807, 2.05) is 30.3 Å². The van der Waals surface area contributed by atoms with Gasteiger partial charge in [0.25, 0.3) is 5.69 Å². The fourth-order valence-electron chi connectivity index (χ4n) is 1.99. The standard InChI is InChI=1S/C16H17N3O2/c1-2-8-14(13-9-4-3-5-10-13)17-18-15-11-6-7-12-16(15)19(20)21/h3-7,9-12,18H,2,8H2,1H3. The minimum Gasteiger partial charge on any atom is -0.271 e. The molecule has 21 heavy (non-hydrogen) atoms. The molecule has 0 aromatic heterocycles. The minimum absolute atomic E-state index is 0.0187. The van der Waals surface area contributed by atoms with Gasteiger partial charge in [-0.25, -0.2) is 0 Å². The molecule has 5 heteroatoms. The van der Waals surface area contributed by atoms with Crippen LogP contribution in [-0.4, -0.2) is 10.6 Å². The van der Waals surface area contributed by atoms with E-state index in [1.54, 1.807) is 18.2 Å². The van der Waals surface area contributed by atoms with Gasteiger partial charge in [-0.3, -0.25) is 15.5 Å². The third kappa shape index (κ3) is 3.89. The number of hydrogen-bond donors (Lipinski definition) is 1. The smallest absolute Gasteiger partial charge is 0.271 e. The second-order valence-electron chi connectivity index (χ2n) is 4.56. The Bertz CT molecular complexity index is 639. The topological polar surface area (TPSA) is 67.5 Å². The van der Waals surface area contributed by atoms with Crippen LogP contribution in [-0.2, 0) is 0 Å². The molecule has 0 saturated heterocycles. The SMILES string of the molecule is CCCC(=NNc1ccccc1[N+](=O)[O-])c1ccccc1. The van der Waals surface area contributed by atoms with Crippen LogP contribution in [0.2, 0.25) is 0 Å². The first kappa shape index (κ1) is 14.7. The molecule has 0 fully saturated rings. The lowest BCUT2D eigenvalue weighted by Gasteiger charge is -2.07. The predicted molar refractivity (Wildman–Crippen MR) is 84.6 cm³/mol.